The van der Waals surface area contributed by atoms with Crippen LogP contribution in [-0.2, 0) is 4.79 Å². The molecule has 6 nitrogen and oxygen atoms in total. The second kappa shape index (κ2) is 7.32. The molecule has 0 aromatic heterocycles. The number of carbonyl (C=O) groups excluding carboxylic acids is 1. The molecule has 0 bridgehead atoms. The number of aliphatic hydroxyl groups is 1. The van der Waals surface area contributed by atoms with Crippen molar-refractivity contribution in [3.05, 3.63) is 52.5 Å². The van der Waals surface area contributed by atoms with Gasteiger partial charge in [-0.2, -0.15) is 0 Å². The van der Waals surface area contributed by atoms with Crippen LogP contribution in [0.25, 0.3) is 11.1 Å². The predicted octanol–water partition coefficient (Wildman–Crippen LogP) is 3.18. The summed E-state index contributed by atoms with van der Waals surface area (Å²) in [5, 5.41) is 22.5. The van der Waals surface area contributed by atoms with Gasteiger partial charge in [-0.3, -0.25) is 10.1 Å². The van der Waals surface area contributed by atoms with E-state index in [1.54, 1.807) is 12.1 Å². The number of hydrogen-bond acceptors (Lipinski definition) is 4. The molecule has 120 valence electrons. The van der Waals surface area contributed by atoms with E-state index < -0.39 is 18.2 Å². The van der Waals surface area contributed by atoms with E-state index in [-0.39, 0.29) is 15.7 Å². The third-order valence-electron chi connectivity index (χ3n) is 2.94. The molecular formula is C15H12Cl2N2O4. The molecule has 0 heterocycles. The Morgan fingerprint density at radius 1 is 1.04 bits per heavy atom. The summed E-state index contributed by atoms with van der Waals surface area (Å²) >= 11 is 12.3. The predicted molar refractivity (Wildman–Crippen MR) is 87.7 cm³/mol. The molecule has 0 saturated carbocycles. The van der Waals surface area contributed by atoms with Gasteiger partial charge in [0.2, 0.25) is 6.23 Å². The van der Waals surface area contributed by atoms with Gasteiger partial charge >= 0.3 is 6.09 Å². The van der Waals surface area contributed by atoms with E-state index in [1.807, 2.05) is 30.3 Å². The number of carboxylic acid groups (broad SMARTS) is 1. The molecular weight excluding hydrogens is 343 g/mol. The Labute approximate surface area is 141 Å². The minimum atomic E-state index is -1.83. The number of carbonyl (C=O) groups is 2. The van der Waals surface area contributed by atoms with E-state index >= 15 is 0 Å². The third-order valence-corrected chi connectivity index (χ3v) is 3.64. The Morgan fingerprint density at radius 3 is 2.30 bits per heavy atom. The minimum Gasteiger partial charge on any atom is -0.465 e. The Balaban J connectivity index is 2.32. The van der Waals surface area contributed by atoms with Gasteiger partial charge in [0.1, 0.15) is 0 Å². The first-order chi connectivity index (χ1) is 10.9. The Hall–Kier alpha value is -2.28. The van der Waals surface area contributed by atoms with E-state index in [9.17, 15) is 14.7 Å². The van der Waals surface area contributed by atoms with Crippen molar-refractivity contribution in [1.29, 1.82) is 0 Å². The zero-order valence-corrected chi connectivity index (χ0v) is 13.1. The second-order valence-electron chi connectivity index (χ2n) is 4.49. The van der Waals surface area contributed by atoms with Crippen LogP contribution in [0.4, 0.5) is 10.5 Å². The van der Waals surface area contributed by atoms with Gasteiger partial charge in [-0.25, -0.2) is 4.79 Å². The molecule has 0 saturated heterocycles. The van der Waals surface area contributed by atoms with Crippen molar-refractivity contribution in [3.8, 4) is 11.1 Å². The lowest BCUT2D eigenvalue weighted by Gasteiger charge is -2.17. The number of nitrogens with one attached hydrogen (secondary N) is 2. The number of imide groups is 1. The molecule has 0 aliphatic carbocycles. The molecule has 8 heteroatoms. The summed E-state index contributed by atoms with van der Waals surface area (Å²) in [6.07, 6.45) is -3.40. The molecule has 0 aliphatic rings. The summed E-state index contributed by atoms with van der Waals surface area (Å²) in [4.78, 5) is 21.9. The van der Waals surface area contributed by atoms with Crippen LogP contribution in [-0.4, -0.2) is 28.4 Å². The van der Waals surface area contributed by atoms with Crippen molar-refractivity contribution < 1.29 is 19.8 Å². The summed E-state index contributed by atoms with van der Waals surface area (Å²) in [5.41, 5.74) is 1.59. The lowest BCUT2D eigenvalue weighted by atomic mass is 10.0. The Kier molecular flexibility index (Phi) is 5.44. The van der Waals surface area contributed by atoms with E-state index in [0.29, 0.717) is 5.56 Å². The van der Waals surface area contributed by atoms with Crippen LogP contribution in [0.3, 0.4) is 0 Å². The highest BCUT2D eigenvalue weighted by Crippen LogP contribution is 2.38. The van der Waals surface area contributed by atoms with E-state index in [2.05, 4.69) is 5.32 Å². The lowest BCUT2D eigenvalue weighted by Crippen LogP contribution is -2.42. The summed E-state index contributed by atoms with van der Waals surface area (Å²) in [5.74, 6) is -1.14. The normalized spacial score (nSPS) is 11.6. The van der Waals surface area contributed by atoms with Gasteiger partial charge < -0.3 is 15.5 Å². The number of amides is 2. The number of hydrogen-bond donors (Lipinski definition) is 4. The highest BCUT2D eigenvalue weighted by molar-refractivity contribution is 6.41. The standard InChI is InChI=1S/C15H12Cl2N2O4/c16-10-7-6-9(8-4-2-1-3-5-8)11(17)12(10)18-13(20)14(21)19-15(22)23/h1-7,13,18,20H,(H,19,21)(H,22,23). The maximum atomic E-state index is 11.4. The van der Waals surface area contributed by atoms with Crippen molar-refractivity contribution in [3.63, 3.8) is 0 Å². The Bertz CT molecular complexity index is 738. The zero-order valence-electron chi connectivity index (χ0n) is 11.6. The molecule has 1 unspecified atom stereocenters. The molecule has 0 radical (unpaired) electrons. The van der Waals surface area contributed by atoms with Gasteiger partial charge in [0.25, 0.3) is 5.91 Å². The molecule has 2 rings (SSSR count). The maximum Gasteiger partial charge on any atom is 0.411 e. The molecule has 2 aromatic rings. The van der Waals surface area contributed by atoms with Crippen LogP contribution in [0.1, 0.15) is 0 Å². The molecule has 2 aromatic carbocycles. The highest BCUT2D eigenvalue weighted by atomic mass is 35.5. The van der Waals surface area contributed by atoms with Crippen LogP contribution in [0.15, 0.2) is 42.5 Å². The van der Waals surface area contributed by atoms with Gasteiger partial charge in [-0.15, -0.1) is 0 Å². The van der Waals surface area contributed by atoms with Crippen LogP contribution in [0.5, 0.6) is 0 Å². The van der Waals surface area contributed by atoms with E-state index in [0.717, 1.165) is 5.56 Å². The Morgan fingerprint density at radius 2 is 1.70 bits per heavy atom. The average molecular weight is 355 g/mol. The monoisotopic (exact) mass is 354 g/mol. The quantitative estimate of drug-likeness (QED) is 0.632. The molecule has 1 atom stereocenters. The molecule has 2 amide bonds. The molecule has 0 spiro atoms. The second-order valence-corrected chi connectivity index (χ2v) is 5.28. The zero-order chi connectivity index (χ0) is 17.0. The summed E-state index contributed by atoms with van der Waals surface area (Å²) < 4.78 is 0. The van der Waals surface area contributed by atoms with E-state index in [4.69, 9.17) is 28.3 Å². The lowest BCUT2D eigenvalue weighted by molar-refractivity contribution is -0.127. The van der Waals surface area contributed by atoms with Gasteiger partial charge in [0.05, 0.1) is 15.7 Å². The molecule has 0 fully saturated rings. The van der Waals surface area contributed by atoms with Gasteiger partial charge in [-0.1, -0.05) is 59.6 Å². The van der Waals surface area contributed by atoms with Gasteiger partial charge in [0.15, 0.2) is 0 Å². The fourth-order valence-corrected chi connectivity index (χ4v) is 2.49. The van der Waals surface area contributed by atoms with Gasteiger partial charge in [0, 0.05) is 5.56 Å². The van der Waals surface area contributed by atoms with Crippen molar-refractivity contribution in [2.24, 2.45) is 0 Å². The van der Waals surface area contributed by atoms with Crippen LogP contribution in [0.2, 0.25) is 10.0 Å². The third kappa shape index (κ3) is 4.13. The molecule has 4 N–H and O–H groups in total. The summed E-state index contributed by atoms with van der Waals surface area (Å²) in [6.45, 7) is 0. The largest absolute Gasteiger partial charge is 0.465 e. The smallest absolute Gasteiger partial charge is 0.411 e. The SMILES string of the molecule is O=C(O)NC(=O)C(O)Nc1c(Cl)ccc(-c2ccccc2)c1Cl. The van der Waals surface area contributed by atoms with Gasteiger partial charge in [-0.05, 0) is 11.6 Å². The number of benzene rings is 2. The van der Waals surface area contributed by atoms with E-state index in [1.165, 1.54) is 5.32 Å². The molecule has 23 heavy (non-hydrogen) atoms. The highest BCUT2D eigenvalue weighted by Gasteiger charge is 2.20. The van der Waals surface area contributed by atoms with Crippen LogP contribution in [0, 0.1) is 0 Å². The van der Waals surface area contributed by atoms with Crippen molar-refractivity contribution in [2.45, 2.75) is 6.23 Å². The van der Waals surface area contributed by atoms with Crippen molar-refractivity contribution in [1.82, 2.24) is 5.32 Å². The number of anilines is 1. The first-order valence-electron chi connectivity index (χ1n) is 6.42. The maximum absolute atomic E-state index is 11.4. The average Bonchev–Trinajstić information content (AvgIpc) is 2.51. The van der Waals surface area contributed by atoms with Crippen LogP contribution >= 0.6 is 23.2 Å². The fourth-order valence-electron chi connectivity index (χ4n) is 1.90. The van der Waals surface area contributed by atoms with Crippen molar-refractivity contribution >= 4 is 40.9 Å². The first kappa shape index (κ1) is 17.1. The number of halogens is 2. The fraction of sp³-hybridized carbons (Fsp3) is 0.0667. The number of aliphatic hydroxyl groups excluding tert-OH is 1. The first-order valence-corrected chi connectivity index (χ1v) is 7.17. The number of rotatable bonds is 4. The van der Waals surface area contributed by atoms with Crippen molar-refractivity contribution in [2.75, 3.05) is 5.32 Å². The van der Waals surface area contributed by atoms with Crippen LogP contribution < -0.4 is 10.6 Å². The summed E-state index contributed by atoms with van der Waals surface area (Å²) in [6, 6.07) is 12.5. The summed E-state index contributed by atoms with van der Waals surface area (Å²) in [7, 11) is 0. The molecule has 0 aliphatic heterocycles. The topological polar surface area (TPSA) is 98.7 Å². The minimum absolute atomic E-state index is 0.128.